The molecule has 0 aliphatic rings. The number of carbonyl (C=O) groups excluding carboxylic acids is 2. The van der Waals surface area contributed by atoms with Gasteiger partial charge < -0.3 is 15.0 Å². The summed E-state index contributed by atoms with van der Waals surface area (Å²) in [6.07, 6.45) is 0.449. The lowest BCUT2D eigenvalue weighted by molar-refractivity contribution is -0.142. The van der Waals surface area contributed by atoms with E-state index in [2.05, 4.69) is 5.32 Å². The summed E-state index contributed by atoms with van der Waals surface area (Å²) in [5.41, 5.74) is 1.70. The van der Waals surface area contributed by atoms with Gasteiger partial charge in [-0.3, -0.25) is 9.59 Å². The Morgan fingerprint density at radius 3 is 2.24 bits per heavy atom. The third-order valence-corrected chi connectivity index (χ3v) is 5.22. The average molecular weight is 437 g/mol. The zero-order chi connectivity index (χ0) is 21.4. The Kier molecular flexibility index (Phi) is 8.80. The van der Waals surface area contributed by atoms with E-state index < -0.39 is 6.04 Å². The second-order valence-electron chi connectivity index (χ2n) is 6.64. The third-order valence-electron chi connectivity index (χ3n) is 4.51. The zero-order valence-corrected chi connectivity index (χ0v) is 18.4. The van der Waals surface area contributed by atoms with E-state index in [0.717, 1.165) is 5.56 Å². The highest BCUT2D eigenvalue weighted by molar-refractivity contribution is 6.36. The number of benzene rings is 2. The van der Waals surface area contributed by atoms with Crippen LogP contribution >= 0.6 is 23.2 Å². The summed E-state index contributed by atoms with van der Waals surface area (Å²) in [4.78, 5) is 27.1. The Balaban J connectivity index is 2.25. The first kappa shape index (κ1) is 23.0. The monoisotopic (exact) mass is 436 g/mol. The molecule has 1 unspecified atom stereocenters. The van der Waals surface area contributed by atoms with Crippen LogP contribution in [0.1, 0.15) is 31.4 Å². The maximum Gasteiger partial charge on any atom is 0.261 e. The molecule has 29 heavy (non-hydrogen) atoms. The highest BCUT2D eigenvalue weighted by Crippen LogP contribution is 2.27. The summed E-state index contributed by atoms with van der Waals surface area (Å²) in [5.74, 6) is 0.0484. The Morgan fingerprint density at radius 2 is 1.69 bits per heavy atom. The summed E-state index contributed by atoms with van der Waals surface area (Å²) in [7, 11) is 0. The Labute approximate surface area is 181 Å². The fourth-order valence-corrected chi connectivity index (χ4v) is 3.44. The summed E-state index contributed by atoms with van der Waals surface area (Å²) in [5, 5.41) is 3.68. The summed E-state index contributed by atoms with van der Waals surface area (Å²) >= 11 is 12.6. The number of carbonyl (C=O) groups is 2. The number of nitrogens with zero attached hydrogens (tertiary/aromatic N) is 1. The first-order valence-corrected chi connectivity index (χ1v) is 10.3. The number of halogens is 2. The molecule has 2 amide bonds. The van der Waals surface area contributed by atoms with Crippen molar-refractivity contribution in [2.45, 2.75) is 39.8 Å². The van der Waals surface area contributed by atoms with Crippen molar-refractivity contribution in [1.82, 2.24) is 10.2 Å². The van der Waals surface area contributed by atoms with Crippen molar-refractivity contribution in [3.8, 4) is 5.75 Å². The van der Waals surface area contributed by atoms with Gasteiger partial charge in [-0.05, 0) is 44.5 Å². The summed E-state index contributed by atoms with van der Waals surface area (Å²) in [6, 6.07) is 11.9. The smallest absolute Gasteiger partial charge is 0.261 e. The number of amides is 2. The van der Waals surface area contributed by atoms with Gasteiger partial charge in [-0.2, -0.15) is 0 Å². The first-order valence-electron chi connectivity index (χ1n) is 9.56. The van der Waals surface area contributed by atoms with Crippen LogP contribution in [-0.2, 0) is 16.1 Å². The fourth-order valence-electron chi connectivity index (χ4n) is 2.93. The molecule has 0 aromatic heterocycles. The van der Waals surface area contributed by atoms with Crippen LogP contribution in [0.2, 0.25) is 10.0 Å². The molecule has 0 aliphatic carbocycles. The van der Waals surface area contributed by atoms with Crippen LogP contribution in [0.5, 0.6) is 5.75 Å². The molecule has 5 nitrogen and oxygen atoms in total. The van der Waals surface area contributed by atoms with Crippen molar-refractivity contribution in [3.63, 3.8) is 0 Å². The van der Waals surface area contributed by atoms with Crippen molar-refractivity contribution in [1.29, 1.82) is 0 Å². The second kappa shape index (κ2) is 11.1. The molecule has 0 aliphatic heterocycles. The lowest BCUT2D eigenvalue weighted by Gasteiger charge is -2.31. The largest absolute Gasteiger partial charge is 0.484 e. The lowest BCUT2D eigenvalue weighted by atomic mass is 10.1. The Bertz CT molecular complexity index is 820. The second-order valence-corrected chi connectivity index (χ2v) is 7.46. The van der Waals surface area contributed by atoms with Gasteiger partial charge in [0.1, 0.15) is 11.8 Å². The predicted octanol–water partition coefficient (Wildman–Crippen LogP) is 4.62. The molecule has 156 valence electrons. The topological polar surface area (TPSA) is 58.6 Å². The quantitative estimate of drug-likeness (QED) is 0.623. The van der Waals surface area contributed by atoms with Crippen molar-refractivity contribution in [2.24, 2.45) is 0 Å². The van der Waals surface area contributed by atoms with Crippen LogP contribution in [0.3, 0.4) is 0 Å². The molecule has 2 rings (SSSR count). The first-order chi connectivity index (χ1) is 13.9. The average Bonchev–Trinajstić information content (AvgIpc) is 2.69. The highest BCUT2D eigenvalue weighted by Gasteiger charge is 2.29. The molecule has 1 atom stereocenters. The minimum absolute atomic E-state index is 0.115. The Morgan fingerprint density at radius 1 is 1.07 bits per heavy atom. The van der Waals surface area contributed by atoms with E-state index in [0.29, 0.717) is 34.3 Å². The number of rotatable bonds is 9. The Hall–Kier alpha value is -2.24. The van der Waals surface area contributed by atoms with Crippen molar-refractivity contribution in [3.05, 3.63) is 63.6 Å². The standard InChI is InChI=1S/C22H26Cl2N2O3/c1-4-20(22(28)25-5-2)26(13-17-18(23)7-6-8-19(17)24)21(27)14-29-16-11-9-15(3)10-12-16/h6-12,20H,4-5,13-14H2,1-3H3,(H,25,28). The van der Waals surface area contributed by atoms with Crippen molar-refractivity contribution >= 4 is 35.0 Å². The van der Waals surface area contributed by atoms with E-state index >= 15 is 0 Å². The van der Waals surface area contributed by atoms with Gasteiger partial charge in [0.05, 0.1) is 0 Å². The normalized spacial score (nSPS) is 11.6. The molecule has 0 saturated heterocycles. The van der Waals surface area contributed by atoms with Crippen LogP contribution in [0.4, 0.5) is 0 Å². The van der Waals surface area contributed by atoms with Crippen molar-refractivity contribution < 1.29 is 14.3 Å². The maximum absolute atomic E-state index is 13.1. The van der Waals surface area contributed by atoms with Gasteiger partial charge in [0, 0.05) is 28.7 Å². The minimum atomic E-state index is -0.656. The number of aryl methyl sites for hydroxylation is 1. The lowest BCUT2D eigenvalue weighted by Crippen LogP contribution is -2.50. The van der Waals surface area contributed by atoms with Crippen LogP contribution in [0, 0.1) is 6.92 Å². The van der Waals surface area contributed by atoms with Gasteiger partial charge in [-0.15, -0.1) is 0 Å². The zero-order valence-electron chi connectivity index (χ0n) is 16.9. The number of hydrogen-bond donors (Lipinski definition) is 1. The molecule has 0 radical (unpaired) electrons. The SMILES string of the molecule is CCNC(=O)C(CC)N(Cc1c(Cl)cccc1Cl)C(=O)COc1ccc(C)cc1. The van der Waals surface area contributed by atoms with Gasteiger partial charge in [-0.25, -0.2) is 0 Å². The van der Waals surface area contributed by atoms with E-state index in [1.54, 1.807) is 30.3 Å². The molecule has 0 saturated carbocycles. The van der Waals surface area contributed by atoms with Crippen LogP contribution in [0.15, 0.2) is 42.5 Å². The van der Waals surface area contributed by atoms with E-state index in [4.69, 9.17) is 27.9 Å². The molecule has 0 bridgehead atoms. The van der Waals surface area contributed by atoms with Gasteiger partial charge >= 0.3 is 0 Å². The number of ether oxygens (including phenoxy) is 1. The van der Waals surface area contributed by atoms with Crippen molar-refractivity contribution in [2.75, 3.05) is 13.2 Å². The molecule has 0 fully saturated rings. The van der Waals surface area contributed by atoms with Crippen LogP contribution in [0.25, 0.3) is 0 Å². The van der Waals surface area contributed by atoms with E-state index in [1.165, 1.54) is 4.90 Å². The number of nitrogens with one attached hydrogen (secondary N) is 1. The van der Waals surface area contributed by atoms with E-state index in [9.17, 15) is 9.59 Å². The van der Waals surface area contributed by atoms with Gasteiger partial charge in [0.2, 0.25) is 5.91 Å². The number of hydrogen-bond acceptors (Lipinski definition) is 3. The predicted molar refractivity (Wildman–Crippen MR) is 116 cm³/mol. The van der Waals surface area contributed by atoms with Gasteiger partial charge in [-0.1, -0.05) is 53.9 Å². The summed E-state index contributed by atoms with van der Waals surface area (Å²) in [6.45, 7) is 6.06. The fraction of sp³-hybridized carbons (Fsp3) is 0.364. The van der Waals surface area contributed by atoms with E-state index in [-0.39, 0.29) is 25.0 Å². The third kappa shape index (κ3) is 6.38. The molecule has 2 aromatic carbocycles. The van der Waals surface area contributed by atoms with Gasteiger partial charge in [0.15, 0.2) is 6.61 Å². The molecular weight excluding hydrogens is 411 g/mol. The van der Waals surface area contributed by atoms with Crippen LogP contribution < -0.4 is 10.1 Å². The molecule has 0 heterocycles. The molecule has 1 N–H and O–H groups in total. The molecule has 0 spiro atoms. The van der Waals surface area contributed by atoms with E-state index in [1.807, 2.05) is 32.9 Å². The summed E-state index contributed by atoms with van der Waals surface area (Å²) < 4.78 is 5.65. The number of likely N-dealkylation sites (N-methyl/N-ethyl adjacent to an activating group) is 1. The van der Waals surface area contributed by atoms with Crippen LogP contribution in [-0.4, -0.2) is 35.9 Å². The minimum Gasteiger partial charge on any atom is -0.484 e. The highest BCUT2D eigenvalue weighted by atomic mass is 35.5. The molecule has 2 aromatic rings. The maximum atomic E-state index is 13.1. The molecule has 7 heteroatoms. The van der Waals surface area contributed by atoms with Gasteiger partial charge in [0.25, 0.3) is 5.91 Å². The molecular formula is C22H26Cl2N2O3.